The van der Waals surface area contributed by atoms with Gasteiger partial charge < -0.3 is 4.74 Å². The monoisotopic (exact) mass is 159 g/mol. The van der Waals surface area contributed by atoms with Gasteiger partial charge in [-0.3, -0.25) is 4.90 Å². The second-order valence-electron chi connectivity index (χ2n) is 3.08. The SMILES string of the molecule is C[C@@H]1OC(=O)N2CC[C@@H](F)[C@@H]12. The molecule has 2 fully saturated rings. The maximum absolute atomic E-state index is 13.0. The second-order valence-corrected chi connectivity index (χ2v) is 3.08. The highest BCUT2D eigenvalue weighted by atomic mass is 19.1. The highest BCUT2D eigenvalue weighted by Crippen LogP contribution is 2.30. The number of fused-ring (bicyclic) bond motifs is 1. The summed E-state index contributed by atoms with van der Waals surface area (Å²) >= 11 is 0. The van der Waals surface area contributed by atoms with Crippen LogP contribution in [0, 0.1) is 0 Å². The first-order valence-corrected chi connectivity index (χ1v) is 3.81. The Morgan fingerprint density at radius 2 is 2.45 bits per heavy atom. The van der Waals surface area contributed by atoms with Gasteiger partial charge in [0.1, 0.15) is 18.3 Å². The van der Waals surface area contributed by atoms with Gasteiger partial charge >= 0.3 is 6.09 Å². The van der Waals surface area contributed by atoms with E-state index in [2.05, 4.69) is 0 Å². The predicted molar refractivity (Wildman–Crippen MR) is 36.0 cm³/mol. The van der Waals surface area contributed by atoms with Crippen molar-refractivity contribution in [3.63, 3.8) is 0 Å². The first-order chi connectivity index (χ1) is 5.20. The first-order valence-electron chi connectivity index (χ1n) is 3.81. The van der Waals surface area contributed by atoms with Crippen molar-refractivity contribution in [2.24, 2.45) is 0 Å². The van der Waals surface area contributed by atoms with Crippen LogP contribution in [0.25, 0.3) is 0 Å². The van der Waals surface area contributed by atoms with Crippen molar-refractivity contribution in [2.45, 2.75) is 31.7 Å². The summed E-state index contributed by atoms with van der Waals surface area (Å²) < 4.78 is 17.9. The van der Waals surface area contributed by atoms with Gasteiger partial charge in [0.15, 0.2) is 0 Å². The van der Waals surface area contributed by atoms with Gasteiger partial charge in [-0.25, -0.2) is 9.18 Å². The van der Waals surface area contributed by atoms with Crippen LogP contribution in [0.1, 0.15) is 13.3 Å². The van der Waals surface area contributed by atoms with Crippen LogP contribution in [-0.4, -0.2) is 35.9 Å². The van der Waals surface area contributed by atoms with Crippen molar-refractivity contribution in [3.05, 3.63) is 0 Å². The molecule has 11 heavy (non-hydrogen) atoms. The third-order valence-electron chi connectivity index (χ3n) is 2.38. The van der Waals surface area contributed by atoms with E-state index >= 15 is 0 Å². The molecular formula is C7H10FNO2. The van der Waals surface area contributed by atoms with Crippen LogP contribution < -0.4 is 0 Å². The number of alkyl halides is 1. The molecule has 0 N–H and O–H groups in total. The zero-order valence-electron chi connectivity index (χ0n) is 6.29. The lowest BCUT2D eigenvalue weighted by molar-refractivity contribution is 0.125. The van der Waals surface area contributed by atoms with Gasteiger partial charge in [-0.2, -0.15) is 0 Å². The normalized spacial score (nSPS) is 42.5. The fourth-order valence-electron chi connectivity index (χ4n) is 1.83. The molecule has 0 unspecified atom stereocenters. The van der Waals surface area contributed by atoms with Crippen LogP contribution in [0.4, 0.5) is 9.18 Å². The number of carbonyl (C=O) groups is 1. The Hall–Kier alpha value is -0.800. The van der Waals surface area contributed by atoms with Gasteiger partial charge in [0, 0.05) is 6.54 Å². The van der Waals surface area contributed by atoms with E-state index in [1.54, 1.807) is 6.92 Å². The van der Waals surface area contributed by atoms with E-state index in [0.717, 1.165) is 0 Å². The van der Waals surface area contributed by atoms with Gasteiger partial charge in [-0.05, 0) is 13.3 Å². The number of nitrogens with zero attached hydrogens (tertiary/aromatic N) is 1. The highest BCUT2D eigenvalue weighted by molar-refractivity contribution is 5.71. The average Bonchev–Trinajstić information content (AvgIpc) is 2.41. The summed E-state index contributed by atoms with van der Waals surface area (Å²) in [4.78, 5) is 12.4. The smallest absolute Gasteiger partial charge is 0.410 e. The summed E-state index contributed by atoms with van der Waals surface area (Å²) in [5.74, 6) is 0. The molecule has 0 bridgehead atoms. The van der Waals surface area contributed by atoms with Crippen LogP contribution in [0.15, 0.2) is 0 Å². The lowest BCUT2D eigenvalue weighted by Crippen LogP contribution is -2.34. The van der Waals surface area contributed by atoms with E-state index in [-0.39, 0.29) is 18.2 Å². The zero-order chi connectivity index (χ0) is 8.01. The van der Waals surface area contributed by atoms with Crippen LogP contribution in [-0.2, 0) is 4.74 Å². The number of hydrogen-bond donors (Lipinski definition) is 0. The van der Waals surface area contributed by atoms with Gasteiger partial charge in [0.25, 0.3) is 0 Å². The van der Waals surface area contributed by atoms with E-state index in [4.69, 9.17) is 4.74 Å². The number of amides is 1. The van der Waals surface area contributed by atoms with E-state index in [9.17, 15) is 9.18 Å². The minimum Gasteiger partial charge on any atom is -0.444 e. The Morgan fingerprint density at radius 3 is 3.09 bits per heavy atom. The standard InChI is InChI=1S/C7H10FNO2/c1-4-6-5(8)2-3-9(6)7(10)11-4/h4-6H,2-3H2,1H3/t4-,5+,6+/m0/s1. The zero-order valence-corrected chi connectivity index (χ0v) is 6.29. The van der Waals surface area contributed by atoms with Crippen molar-refractivity contribution in [2.75, 3.05) is 6.54 Å². The summed E-state index contributed by atoms with van der Waals surface area (Å²) in [5, 5.41) is 0. The predicted octanol–water partition coefficient (Wildman–Crippen LogP) is 0.938. The Morgan fingerprint density at radius 1 is 1.73 bits per heavy atom. The van der Waals surface area contributed by atoms with E-state index in [1.807, 2.05) is 0 Å². The molecule has 0 aromatic rings. The van der Waals surface area contributed by atoms with Crippen molar-refractivity contribution >= 4 is 6.09 Å². The second kappa shape index (κ2) is 2.09. The van der Waals surface area contributed by atoms with Gasteiger partial charge in [0.2, 0.25) is 0 Å². The molecule has 2 aliphatic rings. The molecule has 4 heteroatoms. The quantitative estimate of drug-likeness (QED) is 0.526. The Kier molecular flexibility index (Phi) is 1.31. The third kappa shape index (κ3) is 0.814. The Bertz CT molecular complexity index is 197. The minimum absolute atomic E-state index is 0.278. The summed E-state index contributed by atoms with van der Waals surface area (Å²) in [6.07, 6.45) is -1.07. The van der Waals surface area contributed by atoms with Gasteiger partial charge in [-0.15, -0.1) is 0 Å². The molecule has 62 valence electrons. The summed E-state index contributed by atoms with van der Waals surface area (Å²) in [6.45, 7) is 2.25. The molecule has 0 aromatic heterocycles. The number of halogens is 1. The highest BCUT2D eigenvalue weighted by Gasteiger charge is 2.48. The Balaban J connectivity index is 2.21. The molecule has 3 atom stereocenters. The number of carbonyl (C=O) groups excluding carboxylic acids is 1. The van der Waals surface area contributed by atoms with E-state index in [1.165, 1.54) is 4.90 Å². The maximum Gasteiger partial charge on any atom is 0.410 e. The number of hydrogen-bond acceptors (Lipinski definition) is 2. The minimum atomic E-state index is -0.892. The number of ether oxygens (including phenoxy) is 1. The molecule has 3 nitrogen and oxygen atoms in total. The lowest BCUT2D eigenvalue weighted by atomic mass is 10.1. The average molecular weight is 159 g/mol. The van der Waals surface area contributed by atoms with Crippen LogP contribution in [0.3, 0.4) is 0 Å². The molecule has 0 aliphatic carbocycles. The number of rotatable bonds is 0. The molecule has 1 amide bonds. The van der Waals surface area contributed by atoms with Crippen molar-refractivity contribution in [3.8, 4) is 0 Å². The molecule has 0 radical (unpaired) electrons. The first kappa shape index (κ1) is 6.88. The summed E-state index contributed by atoms with van der Waals surface area (Å²) in [5.41, 5.74) is 0. The van der Waals surface area contributed by atoms with Crippen LogP contribution in [0.2, 0.25) is 0 Å². The van der Waals surface area contributed by atoms with Crippen LogP contribution in [0.5, 0.6) is 0 Å². The molecule has 2 rings (SSSR count). The fourth-order valence-corrected chi connectivity index (χ4v) is 1.83. The molecular weight excluding hydrogens is 149 g/mol. The Labute approximate surface area is 64.1 Å². The van der Waals surface area contributed by atoms with Gasteiger partial charge in [-0.1, -0.05) is 0 Å². The van der Waals surface area contributed by atoms with Crippen molar-refractivity contribution < 1.29 is 13.9 Å². The van der Waals surface area contributed by atoms with Crippen LogP contribution >= 0.6 is 0 Å². The van der Waals surface area contributed by atoms with E-state index in [0.29, 0.717) is 13.0 Å². The van der Waals surface area contributed by atoms with Crippen molar-refractivity contribution in [1.82, 2.24) is 4.90 Å². The molecule has 0 spiro atoms. The fraction of sp³-hybridized carbons (Fsp3) is 0.857. The lowest BCUT2D eigenvalue weighted by Gasteiger charge is -2.14. The van der Waals surface area contributed by atoms with E-state index < -0.39 is 6.17 Å². The molecule has 2 saturated heterocycles. The molecule has 0 aromatic carbocycles. The summed E-state index contributed by atoms with van der Waals surface area (Å²) in [7, 11) is 0. The number of cyclic esters (lactones) is 1. The third-order valence-corrected chi connectivity index (χ3v) is 2.38. The van der Waals surface area contributed by atoms with Crippen molar-refractivity contribution in [1.29, 1.82) is 0 Å². The largest absolute Gasteiger partial charge is 0.444 e. The molecule has 2 aliphatic heterocycles. The molecule has 2 heterocycles. The summed E-state index contributed by atoms with van der Waals surface area (Å²) in [6, 6.07) is -0.317. The molecule has 0 saturated carbocycles. The topological polar surface area (TPSA) is 29.5 Å². The maximum atomic E-state index is 13.0. The van der Waals surface area contributed by atoms with Gasteiger partial charge in [0.05, 0.1) is 0 Å².